The monoisotopic (exact) mass is 354 g/mol. The molecule has 3 nitrogen and oxygen atoms in total. The van der Waals surface area contributed by atoms with E-state index in [0.29, 0.717) is 0 Å². The number of halogens is 1. The number of anilines is 1. The maximum Gasteiger partial charge on any atom is 0.0694 e. The molecule has 0 atom stereocenters. The molecule has 0 amide bonds. The topological polar surface area (TPSA) is 24.5 Å². The Labute approximate surface area is 137 Å². The van der Waals surface area contributed by atoms with Crippen LogP contribution in [0.2, 0.25) is 0 Å². The van der Waals surface area contributed by atoms with Crippen LogP contribution in [0.4, 0.5) is 5.69 Å². The first kappa shape index (κ1) is 16.8. The van der Waals surface area contributed by atoms with Crippen molar-refractivity contribution in [2.75, 3.05) is 24.7 Å². The Morgan fingerprint density at radius 3 is 2.62 bits per heavy atom. The summed E-state index contributed by atoms with van der Waals surface area (Å²) in [6, 6.07) is 6.66. The van der Waals surface area contributed by atoms with Gasteiger partial charge in [-0.15, -0.1) is 0 Å². The Bertz CT molecular complexity index is 494. The number of benzene rings is 1. The summed E-state index contributed by atoms with van der Waals surface area (Å²) in [5.74, 6) is 0. The summed E-state index contributed by atoms with van der Waals surface area (Å²) in [6.07, 6.45) is 0. The highest BCUT2D eigenvalue weighted by Crippen LogP contribution is 2.30. The van der Waals surface area contributed by atoms with Gasteiger partial charge in [0.25, 0.3) is 0 Å². The van der Waals surface area contributed by atoms with E-state index in [2.05, 4.69) is 79.0 Å². The third kappa shape index (κ3) is 4.44. The maximum atomic E-state index is 5.60. The van der Waals surface area contributed by atoms with E-state index in [1.807, 2.05) is 0 Å². The van der Waals surface area contributed by atoms with E-state index in [-0.39, 0.29) is 11.1 Å². The van der Waals surface area contributed by atoms with Crippen LogP contribution in [0.15, 0.2) is 22.7 Å². The second kappa shape index (κ2) is 6.27. The van der Waals surface area contributed by atoms with Gasteiger partial charge in [0, 0.05) is 28.8 Å². The van der Waals surface area contributed by atoms with Crippen LogP contribution in [-0.2, 0) is 11.3 Å². The number of hydrogen-bond donors (Lipinski definition) is 1. The van der Waals surface area contributed by atoms with E-state index < -0.39 is 0 Å². The van der Waals surface area contributed by atoms with E-state index in [0.717, 1.165) is 26.3 Å². The van der Waals surface area contributed by atoms with Crippen molar-refractivity contribution in [2.24, 2.45) is 0 Å². The Morgan fingerprint density at radius 1 is 1.33 bits per heavy atom. The number of nitrogens with one attached hydrogen (secondary N) is 1. The zero-order chi connectivity index (χ0) is 15.7. The molecule has 118 valence electrons. The van der Waals surface area contributed by atoms with Crippen LogP contribution in [0, 0.1) is 0 Å². The van der Waals surface area contributed by atoms with Crippen LogP contribution in [0.3, 0.4) is 0 Å². The minimum atomic E-state index is 0.0445. The summed E-state index contributed by atoms with van der Waals surface area (Å²) in [7, 11) is 0. The summed E-state index contributed by atoms with van der Waals surface area (Å²) >= 11 is 3.72. The van der Waals surface area contributed by atoms with E-state index >= 15 is 0 Å². The van der Waals surface area contributed by atoms with Crippen LogP contribution in [0.1, 0.15) is 40.2 Å². The highest BCUT2D eigenvalue weighted by atomic mass is 79.9. The van der Waals surface area contributed by atoms with Gasteiger partial charge in [0.2, 0.25) is 0 Å². The van der Waals surface area contributed by atoms with Crippen molar-refractivity contribution in [1.29, 1.82) is 0 Å². The number of hydrogen-bond acceptors (Lipinski definition) is 3. The fraction of sp³-hybridized carbons (Fsp3) is 0.647. The molecule has 0 bridgehead atoms. The summed E-state index contributed by atoms with van der Waals surface area (Å²) in [5, 5.41) is 3.53. The predicted octanol–water partition coefficient (Wildman–Crippen LogP) is 3.95. The van der Waals surface area contributed by atoms with Crippen molar-refractivity contribution in [2.45, 2.75) is 52.2 Å². The highest BCUT2D eigenvalue weighted by molar-refractivity contribution is 9.10. The van der Waals surface area contributed by atoms with Gasteiger partial charge in [0.05, 0.1) is 18.8 Å². The molecule has 1 N–H and O–H groups in total. The second-order valence-electron chi connectivity index (χ2n) is 7.40. The molecule has 0 spiro atoms. The fourth-order valence-electron chi connectivity index (χ4n) is 2.54. The lowest BCUT2D eigenvalue weighted by Gasteiger charge is -2.44. The molecule has 4 heteroatoms. The van der Waals surface area contributed by atoms with Gasteiger partial charge in [-0.1, -0.05) is 22.0 Å². The molecule has 1 aliphatic rings. The van der Waals surface area contributed by atoms with Crippen molar-refractivity contribution >= 4 is 21.6 Å². The molecule has 2 rings (SSSR count). The van der Waals surface area contributed by atoms with Gasteiger partial charge in [-0.25, -0.2) is 0 Å². The van der Waals surface area contributed by atoms with Crippen molar-refractivity contribution in [3.63, 3.8) is 0 Å². The van der Waals surface area contributed by atoms with Gasteiger partial charge in [-0.3, -0.25) is 0 Å². The zero-order valence-corrected chi connectivity index (χ0v) is 15.4. The number of morpholine rings is 1. The molecule has 21 heavy (non-hydrogen) atoms. The van der Waals surface area contributed by atoms with Crippen molar-refractivity contribution in [3.8, 4) is 0 Å². The minimum absolute atomic E-state index is 0.0445. The Kier molecular flexibility index (Phi) is 5.01. The molecule has 1 saturated heterocycles. The fourth-order valence-corrected chi connectivity index (χ4v) is 3.05. The van der Waals surface area contributed by atoms with E-state index in [1.165, 1.54) is 15.7 Å². The van der Waals surface area contributed by atoms with Crippen molar-refractivity contribution in [3.05, 3.63) is 28.2 Å². The molecule has 0 aromatic heterocycles. The van der Waals surface area contributed by atoms with E-state index in [4.69, 9.17) is 4.74 Å². The molecule has 1 fully saturated rings. The Balaban J connectivity index is 2.15. The zero-order valence-electron chi connectivity index (χ0n) is 13.8. The number of rotatable bonds is 3. The summed E-state index contributed by atoms with van der Waals surface area (Å²) < 4.78 is 6.77. The lowest BCUT2D eigenvalue weighted by Crippen LogP contribution is -2.53. The Morgan fingerprint density at radius 2 is 2.05 bits per heavy atom. The van der Waals surface area contributed by atoms with Gasteiger partial charge in [-0.05, 0) is 52.3 Å². The SMILES string of the molecule is CC(C)(C)NCc1ccc(N2CCOCC2(C)C)cc1Br. The van der Waals surface area contributed by atoms with E-state index in [9.17, 15) is 0 Å². The van der Waals surface area contributed by atoms with Crippen molar-refractivity contribution < 1.29 is 4.74 Å². The average molecular weight is 355 g/mol. The van der Waals surface area contributed by atoms with Crippen molar-refractivity contribution in [1.82, 2.24) is 5.32 Å². The molecular weight excluding hydrogens is 328 g/mol. The summed E-state index contributed by atoms with van der Waals surface area (Å²) in [4.78, 5) is 2.43. The van der Waals surface area contributed by atoms with E-state index in [1.54, 1.807) is 0 Å². The largest absolute Gasteiger partial charge is 0.377 e. The molecular formula is C17H27BrN2O. The maximum absolute atomic E-state index is 5.60. The predicted molar refractivity (Wildman–Crippen MR) is 93.0 cm³/mol. The first-order chi connectivity index (χ1) is 9.69. The molecule has 0 radical (unpaired) electrons. The smallest absolute Gasteiger partial charge is 0.0694 e. The van der Waals surface area contributed by atoms with Crippen LogP contribution in [0.5, 0.6) is 0 Å². The first-order valence-corrected chi connectivity index (χ1v) is 8.37. The summed E-state index contributed by atoms with van der Waals surface area (Å²) in [6.45, 7) is 14.4. The number of ether oxygens (including phenoxy) is 1. The van der Waals surface area contributed by atoms with Crippen LogP contribution in [0.25, 0.3) is 0 Å². The quantitative estimate of drug-likeness (QED) is 0.889. The lowest BCUT2D eigenvalue weighted by atomic mass is 10.0. The normalized spacial score (nSPS) is 18.9. The summed E-state index contributed by atoms with van der Waals surface area (Å²) in [5.41, 5.74) is 2.72. The molecule has 1 aromatic rings. The second-order valence-corrected chi connectivity index (χ2v) is 8.25. The third-order valence-corrected chi connectivity index (χ3v) is 4.54. The van der Waals surface area contributed by atoms with Gasteiger partial charge in [0.1, 0.15) is 0 Å². The molecule has 1 aromatic carbocycles. The van der Waals surface area contributed by atoms with Crippen LogP contribution < -0.4 is 10.2 Å². The lowest BCUT2D eigenvalue weighted by molar-refractivity contribution is 0.0644. The Hall–Kier alpha value is -0.580. The minimum Gasteiger partial charge on any atom is -0.377 e. The van der Waals surface area contributed by atoms with Gasteiger partial charge in [-0.2, -0.15) is 0 Å². The highest BCUT2D eigenvalue weighted by Gasteiger charge is 2.30. The first-order valence-electron chi connectivity index (χ1n) is 7.58. The molecule has 1 heterocycles. The molecule has 0 unspecified atom stereocenters. The number of nitrogens with zero attached hydrogens (tertiary/aromatic N) is 1. The van der Waals surface area contributed by atoms with Crippen LogP contribution in [-0.4, -0.2) is 30.8 Å². The average Bonchev–Trinajstić information content (AvgIpc) is 2.35. The molecule has 0 saturated carbocycles. The third-order valence-electron chi connectivity index (χ3n) is 3.80. The van der Waals surface area contributed by atoms with Gasteiger partial charge < -0.3 is 15.0 Å². The molecule has 1 aliphatic heterocycles. The van der Waals surface area contributed by atoms with Gasteiger partial charge >= 0.3 is 0 Å². The standard InChI is InChI=1S/C17H27BrN2O/c1-16(2,3)19-11-13-6-7-14(10-15(13)18)20-8-9-21-12-17(20,4)5/h6-7,10,19H,8-9,11-12H2,1-5H3. The van der Waals surface area contributed by atoms with Gasteiger partial charge in [0.15, 0.2) is 0 Å². The van der Waals surface area contributed by atoms with Crippen LogP contribution >= 0.6 is 15.9 Å². The molecule has 0 aliphatic carbocycles.